The van der Waals surface area contributed by atoms with E-state index in [1.807, 2.05) is 0 Å². The van der Waals surface area contributed by atoms with Crippen molar-refractivity contribution in [1.82, 2.24) is 4.98 Å². The van der Waals surface area contributed by atoms with E-state index < -0.39 is 28.6 Å². The highest BCUT2D eigenvalue weighted by atomic mass is 32.2. The largest absolute Gasteiger partial charge is 0.437 e. The van der Waals surface area contributed by atoms with Crippen molar-refractivity contribution in [2.75, 3.05) is 12.4 Å². The number of sulfone groups is 1. The second kappa shape index (κ2) is 5.78. The van der Waals surface area contributed by atoms with Gasteiger partial charge in [0.05, 0.1) is 22.9 Å². The number of aromatic nitrogens is 1. The van der Waals surface area contributed by atoms with E-state index in [2.05, 4.69) is 9.72 Å². The zero-order valence-corrected chi connectivity index (χ0v) is 10.6. The van der Waals surface area contributed by atoms with Gasteiger partial charge in [0.15, 0.2) is 15.9 Å². The van der Waals surface area contributed by atoms with Crippen LogP contribution < -0.4 is 5.73 Å². The zero-order chi connectivity index (χ0) is 13.8. The van der Waals surface area contributed by atoms with Crippen LogP contribution in [0.4, 0.5) is 4.79 Å². The minimum absolute atomic E-state index is 0.0325. The van der Waals surface area contributed by atoms with Crippen LogP contribution in [0.1, 0.15) is 18.7 Å². The molecule has 1 aromatic heterocycles. The van der Waals surface area contributed by atoms with Gasteiger partial charge in [-0.25, -0.2) is 13.2 Å². The van der Waals surface area contributed by atoms with Gasteiger partial charge in [-0.2, -0.15) is 0 Å². The lowest BCUT2D eigenvalue weighted by Crippen LogP contribution is -2.20. The van der Waals surface area contributed by atoms with Crippen molar-refractivity contribution in [1.29, 1.82) is 0 Å². The van der Waals surface area contributed by atoms with E-state index >= 15 is 0 Å². The van der Waals surface area contributed by atoms with Crippen molar-refractivity contribution in [2.24, 2.45) is 5.73 Å². The summed E-state index contributed by atoms with van der Waals surface area (Å²) < 4.78 is 27.7. The maximum Gasteiger partial charge on any atom is 0.405 e. The van der Waals surface area contributed by atoms with Gasteiger partial charge in [0, 0.05) is 6.20 Å². The number of carbonyl (C=O) groups is 1. The third kappa shape index (κ3) is 3.41. The summed E-state index contributed by atoms with van der Waals surface area (Å²) in [5.74, 6) is -0.0325. The summed E-state index contributed by atoms with van der Waals surface area (Å²) in [5.41, 5.74) is 5.06. The molecule has 8 heteroatoms. The van der Waals surface area contributed by atoms with Gasteiger partial charge in [-0.3, -0.25) is 4.98 Å². The number of aliphatic hydroxyl groups excluding tert-OH is 1. The highest BCUT2D eigenvalue weighted by molar-refractivity contribution is 7.91. The number of primary amides is 1. The summed E-state index contributed by atoms with van der Waals surface area (Å²) in [6.45, 7) is 1.03. The first-order valence-electron chi connectivity index (χ1n) is 5.16. The SMILES string of the molecule is CCS(=O)(=O)c1ccc([C@H](CO)OC(N)=O)nc1. The summed E-state index contributed by atoms with van der Waals surface area (Å²) in [6, 6.07) is 2.71. The summed E-state index contributed by atoms with van der Waals surface area (Å²) in [7, 11) is -3.33. The average molecular weight is 274 g/mol. The van der Waals surface area contributed by atoms with E-state index in [4.69, 9.17) is 10.8 Å². The minimum Gasteiger partial charge on any atom is -0.437 e. The summed E-state index contributed by atoms with van der Waals surface area (Å²) in [6.07, 6.45) is -0.886. The molecule has 1 amide bonds. The lowest BCUT2D eigenvalue weighted by atomic mass is 10.2. The minimum atomic E-state index is -3.33. The van der Waals surface area contributed by atoms with Gasteiger partial charge < -0.3 is 15.6 Å². The van der Waals surface area contributed by atoms with E-state index in [9.17, 15) is 13.2 Å². The van der Waals surface area contributed by atoms with Gasteiger partial charge in [-0.05, 0) is 12.1 Å². The first-order chi connectivity index (χ1) is 8.40. The third-order valence-electron chi connectivity index (χ3n) is 2.25. The van der Waals surface area contributed by atoms with E-state index in [0.717, 1.165) is 6.20 Å². The Bertz CT molecular complexity index is 512. The summed E-state index contributed by atoms with van der Waals surface area (Å²) in [4.78, 5) is 14.5. The molecule has 3 N–H and O–H groups in total. The molecule has 0 radical (unpaired) electrons. The molecule has 18 heavy (non-hydrogen) atoms. The zero-order valence-electron chi connectivity index (χ0n) is 9.74. The van der Waals surface area contributed by atoms with Crippen molar-refractivity contribution in [3.05, 3.63) is 24.0 Å². The van der Waals surface area contributed by atoms with E-state index in [-0.39, 0.29) is 16.3 Å². The highest BCUT2D eigenvalue weighted by Gasteiger charge is 2.17. The predicted molar refractivity (Wildman–Crippen MR) is 62.5 cm³/mol. The van der Waals surface area contributed by atoms with Crippen molar-refractivity contribution in [3.8, 4) is 0 Å². The van der Waals surface area contributed by atoms with Gasteiger partial charge in [0.1, 0.15) is 0 Å². The van der Waals surface area contributed by atoms with Gasteiger partial charge in [-0.1, -0.05) is 6.92 Å². The van der Waals surface area contributed by atoms with Crippen LogP contribution in [-0.4, -0.2) is 37.0 Å². The van der Waals surface area contributed by atoms with Crippen LogP contribution in [0.5, 0.6) is 0 Å². The van der Waals surface area contributed by atoms with Crippen LogP contribution in [0.2, 0.25) is 0 Å². The Hall–Kier alpha value is -1.67. The summed E-state index contributed by atoms with van der Waals surface area (Å²) >= 11 is 0. The Kier molecular flexibility index (Phi) is 4.62. The fourth-order valence-corrected chi connectivity index (χ4v) is 2.09. The number of carbonyl (C=O) groups excluding carboxylic acids is 1. The maximum absolute atomic E-state index is 11.5. The maximum atomic E-state index is 11.5. The lowest BCUT2D eigenvalue weighted by molar-refractivity contribution is 0.0607. The lowest BCUT2D eigenvalue weighted by Gasteiger charge is -2.13. The Morgan fingerprint density at radius 3 is 2.61 bits per heavy atom. The molecule has 0 saturated carbocycles. The van der Waals surface area contributed by atoms with Gasteiger partial charge in [0.2, 0.25) is 0 Å². The average Bonchev–Trinajstić information content (AvgIpc) is 2.36. The van der Waals surface area contributed by atoms with E-state index in [0.29, 0.717) is 0 Å². The molecule has 0 spiro atoms. The highest BCUT2D eigenvalue weighted by Crippen LogP contribution is 2.17. The van der Waals surface area contributed by atoms with E-state index in [1.165, 1.54) is 19.1 Å². The van der Waals surface area contributed by atoms with Gasteiger partial charge >= 0.3 is 6.09 Å². The van der Waals surface area contributed by atoms with Crippen molar-refractivity contribution in [2.45, 2.75) is 17.9 Å². The Labute approximate surface area is 105 Å². The van der Waals surface area contributed by atoms with Crippen LogP contribution in [0.25, 0.3) is 0 Å². The van der Waals surface area contributed by atoms with Gasteiger partial charge in [-0.15, -0.1) is 0 Å². The molecule has 7 nitrogen and oxygen atoms in total. The fraction of sp³-hybridized carbons (Fsp3) is 0.400. The number of hydrogen-bond donors (Lipinski definition) is 2. The molecule has 0 aliphatic rings. The monoisotopic (exact) mass is 274 g/mol. The molecule has 0 aliphatic carbocycles. The molecular formula is C10H14N2O5S. The van der Waals surface area contributed by atoms with Crippen LogP contribution in [0.15, 0.2) is 23.2 Å². The Balaban J connectivity index is 2.98. The number of ether oxygens (including phenoxy) is 1. The molecule has 1 rings (SSSR count). The van der Waals surface area contributed by atoms with Crippen LogP contribution in [0, 0.1) is 0 Å². The molecule has 0 fully saturated rings. The number of nitrogens with two attached hydrogens (primary N) is 1. The number of rotatable bonds is 5. The van der Waals surface area contributed by atoms with Crippen molar-refractivity contribution >= 4 is 15.9 Å². The van der Waals surface area contributed by atoms with E-state index in [1.54, 1.807) is 0 Å². The summed E-state index contributed by atoms with van der Waals surface area (Å²) in [5, 5.41) is 9.01. The molecule has 1 heterocycles. The molecule has 100 valence electrons. The standard InChI is InChI=1S/C10H14N2O5S/c1-2-18(15,16)7-3-4-8(12-5-7)9(6-13)17-10(11)14/h3-5,9,13H,2,6H2,1H3,(H2,11,14)/t9-/m0/s1. The first kappa shape index (κ1) is 14.4. The number of amides is 1. The molecule has 0 aliphatic heterocycles. The predicted octanol–water partition coefficient (Wildman–Crippen LogP) is 0.00390. The number of nitrogens with zero attached hydrogens (tertiary/aromatic N) is 1. The third-order valence-corrected chi connectivity index (χ3v) is 3.97. The molecule has 0 bridgehead atoms. The number of aliphatic hydroxyl groups is 1. The molecular weight excluding hydrogens is 260 g/mol. The van der Waals surface area contributed by atoms with Crippen molar-refractivity contribution < 1.29 is 23.1 Å². The van der Waals surface area contributed by atoms with Crippen LogP contribution in [0.3, 0.4) is 0 Å². The van der Waals surface area contributed by atoms with Crippen LogP contribution in [-0.2, 0) is 14.6 Å². The number of pyridine rings is 1. The molecule has 0 unspecified atom stereocenters. The van der Waals surface area contributed by atoms with Crippen molar-refractivity contribution in [3.63, 3.8) is 0 Å². The fourth-order valence-electron chi connectivity index (χ4n) is 1.26. The molecule has 1 aromatic rings. The smallest absolute Gasteiger partial charge is 0.405 e. The number of hydrogen-bond acceptors (Lipinski definition) is 6. The topological polar surface area (TPSA) is 120 Å². The quantitative estimate of drug-likeness (QED) is 0.780. The van der Waals surface area contributed by atoms with Crippen LogP contribution >= 0.6 is 0 Å². The first-order valence-corrected chi connectivity index (χ1v) is 6.81. The second-order valence-electron chi connectivity index (χ2n) is 3.43. The molecule has 0 aromatic carbocycles. The van der Waals surface area contributed by atoms with Gasteiger partial charge in [0.25, 0.3) is 0 Å². The second-order valence-corrected chi connectivity index (χ2v) is 5.71. The Morgan fingerprint density at radius 1 is 1.56 bits per heavy atom. The normalized spacial score (nSPS) is 13.0. The Morgan fingerprint density at radius 2 is 2.22 bits per heavy atom. The molecule has 0 saturated heterocycles. The molecule has 1 atom stereocenters.